The summed E-state index contributed by atoms with van der Waals surface area (Å²) < 4.78 is 1.53. The Balaban J connectivity index is 2.05. The zero-order valence-electron chi connectivity index (χ0n) is 13.2. The number of aromatic amines is 1. The second-order valence-corrected chi connectivity index (χ2v) is 7.20. The number of hydrogen-bond acceptors (Lipinski definition) is 5. The highest BCUT2D eigenvalue weighted by Crippen LogP contribution is 2.25. The summed E-state index contributed by atoms with van der Waals surface area (Å²) in [6, 6.07) is 1.50. The smallest absolute Gasteiger partial charge is 0.308 e. The van der Waals surface area contributed by atoms with E-state index in [0.29, 0.717) is 16.7 Å². The molecule has 2 aromatic rings. The summed E-state index contributed by atoms with van der Waals surface area (Å²) in [7, 11) is 0. The molecule has 1 atom stereocenters. The van der Waals surface area contributed by atoms with Crippen LogP contribution in [0.15, 0.2) is 22.2 Å². The lowest BCUT2D eigenvalue weighted by atomic mass is 10.3. The molecule has 0 spiro atoms. The molecule has 130 valence electrons. The number of hydrogen-bond donors (Lipinski definition) is 2. The minimum Gasteiger partial charge on any atom is -0.308 e. The SMILES string of the molecule is CCCCn1c(S[C@@H](C)C(=O)Nc2ncc(Cl)cc2Cl)n[nH]c1=O. The van der Waals surface area contributed by atoms with E-state index in [4.69, 9.17) is 23.2 Å². The van der Waals surface area contributed by atoms with Crippen LogP contribution in [0.25, 0.3) is 0 Å². The number of rotatable bonds is 7. The number of amides is 1. The van der Waals surface area contributed by atoms with Crippen molar-refractivity contribution in [1.82, 2.24) is 19.7 Å². The summed E-state index contributed by atoms with van der Waals surface area (Å²) >= 11 is 13.0. The zero-order valence-corrected chi connectivity index (χ0v) is 15.5. The van der Waals surface area contributed by atoms with Crippen LogP contribution in [0.1, 0.15) is 26.7 Å². The number of pyridine rings is 1. The number of unbranched alkanes of at least 4 members (excludes halogenated alkanes) is 1. The van der Waals surface area contributed by atoms with E-state index in [9.17, 15) is 9.59 Å². The first-order chi connectivity index (χ1) is 11.4. The molecule has 0 aliphatic rings. The lowest BCUT2D eigenvalue weighted by Crippen LogP contribution is -2.24. The minimum absolute atomic E-state index is 0.240. The molecule has 24 heavy (non-hydrogen) atoms. The average molecular weight is 390 g/mol. The number of halogens is 2. The number of carbonyl (C=O) groups excluding carboxylic acids is 1. The van der Waals surface area contributed by atoms with Gasteiger partial charge in [0, 0.05) is 12.7 Å². The van der Waals surface area contributed by atoms with E-state index in [1.165, 1.54) is 28.6 Å². The van der Waals surface area contributed by atoms with Gasteiger partial charge in [0.05, 0.1) is 15.3 Å². The molecule has 0 fully saturated rings. The molecule has 2 aromatic heterocycles. The van der Waals surface area contributed by atoms with Gasteiger partial charge in [-0.15, -0.1) is 5.10 Å². The highest BCUT2D eigenvalue weighted by Gasteiger charge is 2.20. The van der Waals surface area contributed by atoms with Crippen LogP contribution in [-0.4, -0.2) is 30.9 Å². The molecule has 7 nitrogen and oxygen atoms in total. The molecule has 0 radical (unpaired) electrons. The van der Waals surface area contributed by atoms with Crippen molar-refractivity contribution in [3.05, 3.63) is 32.8 Å². The standard InChI is InChI=1S/C14H17Cl2N5O2S/c1-3-4-5-21-13(23)19-20-14(21)24-8(2)12(22)18-11-10(16)6-9(15)7-17-11/h6-8H,3-5H2,1-2H3,(H,19,23)(H,17,18,22)/t8-/m0/s1. The van der Waals surface area contributed by atoms with E-state index >= 15 is 0 Å². The second kappa shape index (κ2) is 8.55. The number of H-pyrrole nitrogens is 1. The van der Waals surface area contributed by atoms with Crippen LogP contribution in [0.2, 0.25) is 10.0 Å². The number of carbonyl (C=O) groups is 1. The molecule has 2 heterocycles. The van der Waals surface area contributed by atoms with Gasteiger partial charge >= 0.3 is 5.69 Å². The van der Waals surface area contributed by atoms with Crippen LogP contribution in [0.3, 0.4) is 0 Å². The molecule has 2 N–H and O–H groups in total. The number of nitrogens with one attached hydrogen (secondary N) is 2. The summed E-state index contributed by atoms with van der Waals surface area (Å²) in [5.41, 5.74) is -0.277. The molecule has 0 aliphatic carbocycles. The van der Waals surface area contributed by atoms with Gasteiger partial charge in [-0.3, -0.25) is 9.36 Å². The highest BCUT2D eigenvalue weighted by molar-refractivity contribution is 8.00. The molecule has 0 aromatic carbocycles. The van der Waals surface area contributed by atoms with Crippen LogP contribution >= 0.6 is 35.0 Å². The van der Waals surface area contributed by atoms with E-state index < -0.39 is 5.25 Å². The maximum Gasteiger partial charge on any atom is 0.343 e. The van der Waals surface area contributed by atoms with Crippen LogP contribution in [0, 0.1) is 0 Å². The third-order valence-corrected chi connectivity index (χ3v) is 4.74. The van der Waals surface area contributed by atoms with E-state index in [1.54, 1.807) is 6.92 Å². The lowest BCUT2D eigenvalue weighted by Gasteiger charge is -2.12. The molecule has 0 aliphatic heterocycles. The van der Waals surface area contributed by atoms with Gasteiger partial charge < -0.3 is 5.32 Å². The van der Waals surface area contributed by atoms with Gasteiger partial charge in [-0.1, -0.05) is 48.3 Å². The van der Waals surface area contributed by atoms with Crippen molar-refractivity contribution in [2.24, 2.45) is 0 Å². The number of aromatic nitrogens is 4. The summed E-state index contributed by atoms with van der Waals surface area (Å²) in [4.78, 5) is 28.0. The Morgan fingerprint density at radius 1 is 1.50 bits per heavy atom. The third kappa shape index (κ3) is 4.75. The number of nitrogens with zero attached hydrogens (tertiary/aromatic N) is 3. The lowest BCUT2D eigenvalue weighted by molar-refractivity contribution is -0.115. The summed E-state index contributed by atoms with van der Waals surface area (Å²) in [6.45, 7) is 4.32. The van der Waals surface area contributed by atoms with Crippen molar-refractivity contribution < 1.29 is 4.79 Å². The van der Waals surface area contributed by atoms with Gasteiger partial charge in [0.2, 0.25) is 5.91 Å². The summed E-state index contributed by atoms with van der Waals surface area (Å²) in [5.74, 6) is -0.0573. The molecule has 0 saturated heterocycles. The molecule has 0 unspecified atom stereocenters. The van der Waals surface area contributed by atoms with Crippen molar-refractivity contribution in [2.45, 2.75) is 43.6 Å². The molecule has 0 bridgehead atoms. The first kappa shape index (κ1) is 18.8. The van der Waals surface area contributed by atoms with Crippen molar-refractivity contribution in [3.63, 3.8) is 0 Å². The fourth-order valence-electron chi connectivity index (χ4n) is 1.84. The first-order valence-electron chi connectivity index (χ1n) is 7.36. The molecular formula is C14H17Cl2N5O2S. The maximum atomic E-state index is 12.3. The fraction of sp³-hybridized carbons (Fsp3) is 0.429. The zero-order chi connectivity index (χ0) is 17.7. The molecule has 2 rings (SSSR count). The summed E-state index contributed by atoms with van der Waals surface area (Å²) in [5, 5.41) is 9.66. The van der Waals surface area contributed by atoms with Crippen molar-refractivity contribution in [2.75, 3.05) is 5.32 Å². The highest BCUT2D eigenvalue weighted by atomic mass is 35.5. The Kier molecular flexibility index (Phi) is 6.70. The summed E-state index contributed by atoms with van der Waals surface area (Å²) in [6.07, 6.45) is 3.22. The Morgan fingerprint density at radius 2 is 2.25 bits per heavy atom. The van der Waals surface area contributed by atoms with E-state index in [1.807, 2.05) is 6.92 Å². The topological polar surface area (TPSA) is 92.7 Å². The van der Waals surface area contributed by atoms with Gasteiger partial charge in [-0.05, 0) is 19.4 Å². The Labute approximate surface area is 153 Å². The van der Waals surface area contributed by atoms with Gasteiger partial charge in [-0.25, -0.2) is 14.9 Å². The largest absolute Gasteiger partial charge is 0.343 e. The normalized spacial score (nSPS) is 12.2. The quantitative estimate of drug-likeness (QED) is 0.709. The van der Waals surface area contributed by atoms with Gasteiger partial charge in [-0.2, -0.15) is 0 Å². The monoisotopic (exact) mass is 389 g/mol. The first-order valence-corrected chi connectivity index (χ1v) is 8.99. The van der Waals surface area contributed by atoms with Crippen LogP contribution < -0.4 is 11.0 Å². The Hall–Kier alpha value is -1.51. The predicted molar refractivity (Wildman–Crippen MR) is 96.0 cm³/mol. The predicted octanol–water partition coefficient (Wildman–Crippen LogP) is 3.19. The molecular weight excluding hydrogens is 373 g/mol. The van der Waals surface area contributed by atoms with Crippen LogP contribution in [0.4, 0.5) is 5.82 Å². The maximum absolute atomic E-state index is 12.3. The number of thioether (sulfide) groups is 1. The van der Waals surface area contributed by atoms with Crippen LogP contribution in [-0.2, 0) is 11.3 Å². The van der Waals surface area contributed by atoms with Crippen LogP contribution in [0.5, 0.6) is 0 Å². The van der Waals surface area contributed by atoms with Crippen molar-refractivity contribution in [3.8, 4) is 0 Å². The Morgan fingerprint density at radius 3 is 2.92 bits per heavy atom. The minimum atomic E-state index is -0.492. The molecule has 1 amide bonds. The van der Waals surface area contributed by atoms with Gasteiger partial charge in [0.1, 0.15) is 0 Å². The average Bonchev–Trinajstić information content (AvgIpc) is 2.88. The van der Waals surface area contributed by atoms with E-state index in [-0.39, 0.29) is 22.4 Å². The molecule has 0 saturated carbocycles. The number of anilines is 1. The van der Waals surface area contributed by atoms with Gasteiger partial charge in [0.25, 0.3) is 0 Å². The molecule has 10 heteroatoms. The third-order valence-electron chi connectivity index (χ3n) is 3.16. The fourth-order valence-corrected chi connectivity index (χ4v) is 3.15. The van der Waals surface area contributed by atoms with Gasteiger partial charge in [0.15, 0.2) is 11.0 Å². The van der Waals surface area contributed by atoms with E-state index in [0.717, 1.165) is 12.8 Å². The second-order valence-electron chi connectivity index (χ2n) is 5.05. The van der Waals surface area contributed by atoms with E-state index in [2.05, 4.69) is 20.5 Å². The Bertz CT molecular complexity index is 777. The van der Waals surface area contributed by atoms with Crippen molar-refractivity contribution in [1.29, 1.82) is 0 Å². The van der Waals surface area contributed by atoms with Crippen molar-refractivity contribution >= 4 is 46.7 Å².